The molecule has 0 rings (SSSR count). The van der Waals surface area contributed by atoms with Crippen LogP contribution in [0.4, 0.5) is 0 Å². The Balaban J connectivity index is 4.42. The van der Waals surface area contributed by atoms with Crippen molar-refractivity contribution < 1.29 is 28.6 Å². The quantitative estimate of drug-likeness (QED) is 0.0204. The minimum Gasteiger partial charge on any atom is -0.462 e. The van der Waals surface area contributed by atoms with Crippen LogP contribution in [0, 0.1) is 0 Å². The molecule has 0 aromatic heterocycles. The van der Waals surface area contributed by atoms with E-state index >= 15 is 0 Å². The molecule has 6 heteroatoms. The molecule has 6 nitrogen and oxygen atoms in total. The van der Waals surface area contributed by atoms with Gasteiger partial charge in [-0.1, -0.05) is 191 Å². The van der Waals surface area contributed by atoms with E-state index in [0.29, 0.717) is 25.7 Å². The first-order chi connectivity index (χ1) is 26.5. The first-order valence-electron chi connectivity index (χ1n) is 22.3. The molecule has 0 aliphatic rings. The van der Waals surface area contributed by atoms with E-state index in [-0.39, 0.29) is 31.1 Å². The van der Waals surface area contributed by atoms with E-state index in [1.807, 2.05) is 24.3 Å². The molecule has 0 saturated heterocycles. The number of carbonyl (C=O) groups excluding carboxylic acids is 3. The third kappa shape index (κ3) is 40.3. The fourth-order valence-corrected chi connectivity index (χ4v) is 5.98. The predicted molar refractivity (Wildman–Crippen MR) is 228 cm³/mol. The summed E-state index contributed by atoms with van der Waals surface area (Å²) in [4.78, 5) is 37.6. The predicted octanol–water partition coefficient (Wildman–Crippen LogP) is 14.1. The standard InChI is InChI=1S/C48H82O6/c1-4-7-10-13-16-19-21-23-24-25-27-29-32-35-38-41-47(50)53-44-45(43-52-46(49)40-37-34-31-28-18-15-12-9-6-3)54-48(51)42-39-36-33-30-26-22-20-17-14-11-8-5-2/h7,10,13,16,19,21,23-24,28,31,45H,4-6,8-9,11-12,14-15,17-18,20,22,25-27,29-30,32-44H2,1-3H3/b10-7-,16-13-,21-19-,24-23-,31-28-. The van der Waals surface area contributed by atoms with Gasteiger partial charge in [0.25, 0.3) is 0 Å². The van der Waals surface area contributed by atoms with Crippen molar-refractivity contribution in [2.75, 3.05) is 13.2 Å². The van der Waals surface area contributed by atoms with Crippen molar-refractivity contribution in [2.45, 2.75) is 213 Å². The van der Waals surface area contributed by atoms with Gasteiger partial charge in [0.1, 0.15) is 13.2 Å². The zero-order valence-electron chi connectivity index (χ0n) is 35.2. The summed E-state index contributed by atoms with van der Waals surface area (Å²) in [5.41, 5.74) is 0. The average molecular weight is 755 g/mol. The van der Waals surface area contributed by atoms with Crippen molar-refractivity contribution in [1.82, 2.24) is 0 Å². The lowest BCUT2D eigenvalue weighted by Gasteiger charge is -2.18. The molecule has 0 bridgehead atoms. The summed E-state index contributed by atoms with van der Waals surface area (Å²) in [6.45, 7) is 6.40. The smallest absolute Gasteiger partial charge is 0.306 e. The molecule has 0 heterocycles. The van der Waals surface area contributed by atoms with E-state index in [4.69, 9.17) is 14.2 Å². The zero-order chi connectivity index (χ0) is 39.4. The molecular weight excluding hydrogens is 673 g/mol. The number of unbranched alkanes of at least 4 members (excludes halogenated alkanes) is 21. The maximum Gasteiger partial charge on any atom is 0.306 e. The minimum absolute atomic E-state index is 0.0942. The van der Waals surface area contributed by atoms with E-state index in [1.54, 1.807) is 0 Å². The highest BCUT2D eigenvalue weighted by Gasteiger charge is 2.19. The maximum absolute atomic E-state index is 12.7. The first kappa shape index (κ1) is 51.1. The molecule has 0 spiro atoms. The monoisotopic (exact) mass is 755 g/mol. The Morgan fingerprint density at radius 2 is 0.759 bits per heavy atom. The van der Waals surface area contributed by atoms with Crippen LogP contribution in [-0.4, -0.2) is 37.2 Å². The molecule has 1 atom stereocenters. The molecule has 0 aliphatic carbocycles. The first-order valence-corrected chi connectivity index (χ1v) is 22.3. The van der Waals surface area contributed by atoms with Crippen molar-refractivity contribution in [2.24, 2.45) is 0 Å². The van der Waals surface area contributed by atoms with Crippen LogP contribution in [0.25, 0.3) is 0 Å². The van der Waals surface area contributed by atoms with Crippen molar-refractivity contribution in [1.29, 1.82) is 0 Å². The molecule has 0 aromatic rings. The number of esters is 3. The van der Waals surface area contributed by atoms with E-state index < -0.39 is 6.10 Å². The lowest BCUT2D eigenvalue weighted by molar-refractivity contribution is -0.167. The lowest BCUT2D eigenvalue weighted by atomic mass is 10.0. The van der Waals surface area contributed by atoms with Crippen LogP contribution in [0.3, 0.4) is 0 Å². The Bertz CT molecular complexity index is 1010. The van der Waals surface area contributed by atoms with Crippen LogP contribution >= 0.6 is 0 Å². The van der Waals surface area contributed by atoms with Crippen LogP contribution in [-0.2, 0) is 28.6 Å². The van der Waals surface area contributed by atoms with Crippen LogP contribution in [0.1, 0.15) is 207 Å². The highest BCUT2D eigenvalue weighted by molar-refractivity contribution is 5.71. The van der Waals surface area contributed by atoms with Gasteiger partial charge in [0, 0.05) is 19.3 Å². The van der Waals surface area contributed by atoms with Gasteiger partial charge in [-0.3, -0.25) is 14.4 Å². The molecule has 0 N–H and O–H groups in total. The number of ether oxygens (including phenoxy) is 3. The van der Waals surface area contributed by atoms with Crippen LogP contribution in [0.15, 0.2) is 60.8 Å². The Labute approximate surface area is 332 Å². The Morgan fingerprint density at radius 1 is 0.389 bits per heavy atom. The third-order valence-corrected chi connectivity index (χ3v) is 9.35. The minimum atomic E-state index is -0.789. The van der Waals surface area contributed by atoms with Crippen molar-refractivity contribution >= 4 is 17.9 Å². The zero-order valence-corrected chi connectivity index (χ0v) is 35.2. The summed E-state index contributed by atoms with van der Waals surface area (Å²) < 4.78 is 16.6. The largest absolute Gasteiger partial charge is 0.462 e. The van der Waals surface area contributed by atoms with Gasteiger partial charge in [-0.2, -0.15) is 0 Å². The number of allylic oxidation sites excluding steroid dienone is 10. The van der Waals surface area contributed by atoms with Crippen LogP contribution in [0.2, 0.25) is 0 Å². The van der Waals surface area contributed by atoms with Gasteiger partial charge in [0.05, 0.1) is 0 Å². The molecule has 0 fully saturated rings. The second-order valence-corrected chi connectivity index (χ2v) is 14.7. The Hall–Kier alpha value is -2.89. The van der Waals surface area contributed by atoms with Crippen LogP contribution in [0.5, 0.6) is 0 Å². The highest BCUT2D eigenvalue weighted by Crippen LogP contribution is 2.14. The van der Waals surface area contributed by atoms with Crippen molar-refractivity contribution in [3.63, 3.8) is 0 Å². The van der Waals surface area contributed by atoms with Gasteiger partial charge >= 0.3 is 17.9 Å². The highest BCUT2D eigenvalue weighted by atomic mass is 16.6. The van der Waals surface area contributed by atoms with Crippen LogP contribution < -0.4 is 0 Å². The number of rotatable bonds is 39. The second-order valence-electron chi connectivity index (χ2n) is 14.7. The van der Waals surface area contributed by atoms with Crippen molar-refractivity contribution in [3.8, 4) is 0 Å². The molecule has 0 radical (unpaired) electrons. The van der Waals surface area contributed by atoms with Crippen molar-refractivity contribution in [3.05, 3.63) is 60.8 Å². The molecule has 54 heavy (non-hydrogen) atoms. The molecule has 0 saturated carbocycles. The topological polar surface area (TPSA) is 78.9 Å². The molecule has 0 amide bonds. The van der Waals surface area contributed by atoms with E-state index in [2.05, 4.69) is 57.2 Å². The summed E-state index contributed by atoms with van der Waals surface area (Å²) in [7, 11) is 0. The average Bonchev–Trinajstić information content (AvgIpc) is 3.17. The molecular formula is C48H82O6. The van der Waals surface area contributed by atoms with Gasteiger partial charge in [0.2, 0.25) is 0 Å². The van der Waals surface area contributed by atoms with Gasteiger partial charge in [-0.05, 0) is 57.8 Å². The normalized spacial score (nSPS) is 12.6. The van der Waals surface area contributed by atoms with Gasteiger partial charge in [-0.25, -0.2) is 0 Å². The summed E-state index contributed by atoms with van der Waals surface area (Å²) >= 11 is 0. The molecule has 310 valence electrons. The maximum atomic E-state index is 12.7. The third-order valence-electron chi connectivity index (χ3n) is 9.35. The fraction of sp³-hybridized carbons (Fsp3) is 0.729. The molecule has 1 unspecified atom stereocenters. The van der Waals surface area contributed by atoms with Gasteiger partial charge in [0.15, 0.2) is 6.10 Å². The second kappa shape index (κ2) is 42.8. The lowest BCUT2D eigenvalue weighted by Crippen LogP contribution is -2.30. The van der Waals surface area contributed by atoms with E-state index in [9.17, 15) is 14.4 Å². The number of hydrogen-bond donors (Lipinski definition) is 0. The Kier molecular flexibility index (Phi) is 40.6. The summed E-state index contributed by atoms with van der Waals surface area (Å²) in [6.07, 6.45) is 50.6. The molecule has 0 aliphatic heterocycles. The van der Waals surface area contributed by atoms with Gasteiger partial charge in [-0.15, -0.1) is 0 Å². The van der Waals surface area contributed by atoms with E-state index in [1.165, 1.54) is 83.5 Å². The fourth-order valence-electron chi connectivity index (χ4n) is 5.98. The summed E-state index contributed by atoms with van der Waals surface area (Å²) in [6, 6.07) is 0. The number of carbonyl (C=O) groups is 3. The van der Waals surface area contributed by atoms with Gasteiger partial charge < -0.3 is 14.2 Å². The SMILES string of the molecule is CC\C=C/C=C\C=C/C=C\CCCCCCCC(=O)OCC(COC(=O)CCC/C=C\CCCCCC)OC(=O)CCCCCCCCCCCCCC. The Morgan fingerprint density at radius 3 is 1.28 bits per heavy atom. The summed E-state index contributed by atoms with van der Waals surface area (Å²) in [5.74, 6) is -0.955. The summed E-state index contributed by atoms with van der Waals surface area (Å²) in [5, 5.41) is 0. The van der Waals surface area contributed by atoms with E-state index in [0.717, 1.165) is 77.0 Å². The number of hydrogen-bond acceptors (Lipinski definition) is 6. The molecule has 0 aromatic carbocycles.